The van der Waals surface area contributed by atoms with Gasteiger partial charge in [0.15, 0.2) is 11.4 Å². The van der Waals surface area contributed by atoms with E-state index < -0.39 is 11.1 Å². The van der Waals surface area contributed by atoms with Crippen LogP contribution in [0.5, 0.6) is 0 Å². The number of nitrogens with zero attached hydrogens (tertiary/aromatic N) is 1. The highest BCUT2D eigenvalue weighted by Gasteiger charge is 2.60. The molecule has 0 amide bonds. The van der Waals surface area contributed by atoms with Crippen LogP contribution in [0, 0.1) is 11.3 Å². The van der Waals surface area contributed by atoms with E-state index in [1.807, 2.05) is 0 Å². The van der Waals surface area contributed by atoms with Crippen molar-refractivity contribution in [1.29, 1.82) is 0 Å². The second-order valence-corrected chi connectivity index (χ2v) is 7.81. The van der Waals surface area contributed by atoms with E-state index in [2.05, 4.69) is 44.9 Å². The summed E-state index contributed by atoms with van der Waals surface area (Å²) < 4.78 is 5.31. The molecular weight excluding hydrogens is 268 g/mol. The van der Waals surface area contributed by atoms with Crippen LogP contribution in [0.4, 0.5) is 0 Å². The van der Waals surface area contributed by atoms with Crippen molar-refractivity contribution in [3.63, 3.8) is 0 Å². The van der Waals surface area contributed by atoms with Crippen LogP contribution in [0.3, 0.4) is 0 Å². The standard InChI is InChI=1S/C16H28N2O3/c1-11(2)8-15(12(20)16(9-19)10-21-16)6-7-17-13(18-15)14(3,4)5/h11,19H,6-10H2,1-5H3,(H,17,18). The van der Waals surface area contributed by atoms with Crippen LogP contribution in [-0.2, 0) is 9.53 Å². The van der Waals surface area contributed by atoms with Gasteiger partial charge in [0.25, 0.3) is 0 Å². The average molecular weight is 296 g/mol. The molecule has 0 radical (unpaired) electrons. The topological polar surface area (TPSA) is 74.2 Å². The molecule has 0 saturated carbocycles. The Bertz CT molecular complexity index is 447. The van der Waals surface area contributed by atoms with Crippen LogP contribution in [0.1, 0.15) is 47.5 Å². The molecule has 2 aliphatic heterocycles. The summed E-state index contributed by atoms with van der Waals surface area (Å²) in [5.74, 6) is 1.23. The number of carbonyl (C=O) groups is 1. The van der Waals surface area contributed by atoms with Crippen LogP contribution < -0.4 is 5.32 Å². The van der Waals surface area contributed by atoms with Crippen molar-refractivity contribution in [3.8, 4) is 0 Å². The number of ketones is 1. The summed E-state index contributed by atoms with van der Waals surface area (Å²) in [6.45, 7) is 11.2. The second-order valence-electron chi connectivity index (χ2n) is 7.81. The summed E-state index contributed by atoms with van der Waals surface area (Å²) in [6, 6.07) is 0. The molecule has 2 aliphatic rings. The zero-order chi connectivity index (χ0) is 15.9. The van der Waals surface area contributed by atoms with Crippen molar-refractivity contribution >= 4 is 11.6 Å². The highest BCUT2D eigenvalue weighted by atomic mass is 16.6. The molecule has 1 saturated heterocycles. The van der Waals surface area contributed by atoms with Crippen LogP contribution >= 0.6 is 0 Å². The highest BCUT2D eigenvalue weighted by molar-refractivity contribution is 6.02. The number of ether oxygens (including phenoxy) is 1. The molecule has 0 aromatic carbocycles. The number of amidine groups is 1. The molecule has 2 heterocycles. The first kappa shape index (κ1) is 16.4. The van der Waals surface area contributed by atoms with Crippen molar-refractivity contribution in [2.45, 2.75) is 58.6 Å². The molecule has 0 aromatic heterocycles. The van der Waals surface area contributed by atoms with Gasteiger partial charge in [0.2, 0.25) is 0 Å². The molecule has 21 heavy (non-hydrogen) atoms. The molecule has 0 aromatic rings. The molecule has 0 aliphatic carbocycles. The van der Waals surface area contributed by atoms with Gasteiger partial charge in [0.05, 0.1) is 13.2 Å². The van der Waals surface area contributed by atoms with E-state index in [4.69, 9.17) is 4.74 Å². The van der Waals surface area contributed by atoms with E-state index in [-0.39, 0.29) is 17.8 Å². The minimum Gasteiger partial charge on any atom is -0.393 e. The molecule has 2 unspecified atom stereocenters. The maximum Gasteiger partial charge on any atom is 0.194 e. The van der Waals surface area contributed by atoms with Gasteiger partial charge < -0.3 is 15.2 Å². The van der Waals surface area contributed by atoms with Gasteiger partial charge in [-0.15, -0.1) is 0 Å². The fourth-order valence-electron chi connectivity index (χ4n) is 3.04. The van der Waals surface area contributed by atoms with E-state index in [0.29, 0.717) is 25.5 Å². The molecule has 2 N–H and O–H groups in total. The van der Waals surface area contributed by atoms with E-state index in [9.17, 15) is 9.90 Å². The average Bonchev–Trinajstić information content (AvgIpc) is 3.17. The normalized spacial score (nSPS) is 32.6. The van der Waals surface area contributed by atoms with E-state index in [1.54, 1.807) is 0 Å². The molecular formula is C16H28N2O3. The predicted molar refractivity (Wildman–Crippen MR) is 82.5 cm³/mol. The quantitative estimate of drug-likeness (QED) is 0.755. The molecule has 5 heteroatoms. The van der Waals surface area contributed by atoms with Gasteiger partial charge in [-0.3, -0.25) is 9.79 Å². The van der Waals surface area contributed by atoms with Crippen molar-refractivity contribution in [2.24, 2.45) is 16.3 Å². The zero-order valence-corrected chi connectivity index (χ0v) is 13.8. The van der Waals surface area contributed by atoms with Crippen molar-refractivity contribution < 1.29 is 14.6 Å². The van der Waals surface area contributed by atoms with Gasteiger partial charge in [-0.25, -0.2) is 0 Å². The summed E-state index contributed by atoms with van der Waals surface area (Å²) in [4.78, 5) is 17.6. The van der Waals surface area contributed by atoms with E-state index in [0.717, 1.165) is 12.3 Å². The predicted octanol–water partition coefficient (Wildman–Crippen LogP) is 1.54. The maximum atomic E-state index is 13.0. The summed E-state index contributed by atoms with van der Waals surface area (Å²) in [5.41, 5.74) is -1.78. The summed E-state index contributed by atoms with van der Waals surface area (Å²) in [7, 11) is 0. The number of aliphatic hydroxyl groups is 1. The first-order valence-corrected chi connectivity index (χ1v) is 7.78. The Kier molecular flexibility index (Phi) is 4.19. The van der Waals surface area contributed by atoms with Gasteiger partial charge in [-0.05, 0) is 18.8 Å². The molecule has 1 fully saturated rings. The lowest BCUT2D eigenvalue weighted by Crippen LogP contribution is -2.64. The largest absolute Gasteiger partial charge is 0.393 e. The van der Waals surface area contributed by atoms with Crippen LogP contribution in [0.15, 0.2) is 4.99 Å². The monoisotopic (exact) mass is 296 g/mol. The summed E-state index contributed by atoms with van der Waals surface area (Å²) >= 11 is 0. The van der Waals surface area contributed by atoms with Crippen molar-refractivity contribution in [1.82, 2.24) is 5.32 Å². The Balaban J connectivity index is 2.31. The first-order valence-electron chi connectivity index (χ1n) is 7.78. The highest BCUT2D eigenvalue weighted by Crippen LogP contribution is 2.38. The van der Waals surface area contributed by atoms with E-state index >= 15 is 0 Å². The van der Waals surface area contributed by atoms with Gasteiger partial charge >= 0.3 is 0 Å². The second kappa shape index (κ2) is 5.36. The summed E-state index contributed by atoms with van der Waals surface area (Å²) in [6.07, 6.45) is 1.39. The zero-order valence-electron chi connectivity index (χ0n) is 13.8. The van der Waals surface area contributed by atoms with Crippen molar-refractivity contribution in [3.05, 3.63) is 0 Å². The molecule has 2 atom stereocenters. The number of Topliss-reactive ketones (excluding diaryl/α,β-unsaturated/α-hetero) is 1. The van der Waals surface area contributed by atoms with Crippen LogP contribution in [0.2, 0.25) is 0 Å². The van der Waals surface area contributed by atoms with Gasteiger partial charge in [-0.2, -0.15) is 0 Å². The van der Waals surface area contributed by atoms with Gasteiger partial charge in [0, 0.05) is 12.0 Å². The fraction of sp³-hybridized carbons (Fsp3) is 0.875. The molecule has 2 rings (SSSR count). The minimum atomic E-state index is -0.984. The lowest BCUT2D eigenvalue weighted by atomic mass is 9.75. The number of epoxide rings is 1. The Morgan fingerprint density at radius 1 is 1.48 bits per heavy atom. The van der Waals surface area contributed by atoms with Crippen LogP contribution in [-0.4, -0.2) is 47.6 Å². The fourth-order valence-corrected chi connectivity index (χ4v) is 3.04. The SMILES string of the molecule is CC(C)CC1(C(=O)C2(CO)CO2)CCN=C(C(C)(C)C)N1. The first-order chi connectivity index (χ1) is 9.65. The summed E-state index contributed by atoms with van der Waals surface area (Å²) in [5, 5.41) is 13.0. The number of aliphatic hydroxyl groups excluding tert-OH is 1. The lowest BCUT2D eigenvalue weighted by Gasteiger charge is -2.42. The number of hydrogen-bond acceptors (Lipinski definition) is 5. The molecule has 5 nitrogen and oxygen atoms in total. The number of carbonyl (C=O) groups excluding carboxylic acids is 1. The van der Waals surface area contributed by atoms with Crippen LogP contribution in [0.25, 0.3) is 0 Å². The molecule has 0 spiro atoms. The Morgan fingerprint density at radius 2 is 2.10 bits per heavy atom. The smallest absolute Gasteiger partial charge is 0.194 e. The molecule has 0 bridgehead atoms. The number of rotatable bonds is 5. The minimum absolute atomic E-state index is 0.0112. The maximum absolute atomic E-state index is 13.0. The molecule has 120 valence electrons. The third-order valence-electron chi connectivity index (χ3n) is 4.23. The third-order valence-corrected chi connectivity index (χ3v) is 4.23. The Labute approximate surface area is 127 Å². The number of hydrogen-bond donors (Lipinski definition) is 2. The van der Waals surface area contributed by atoms with Gasteiger partial charge in [-0.1, -0.05) is 34.6 Å². The Morgan fingerprint density at radius 3 is 2.52 bits per heavy atom. The van der Waals surface area contributed by atoms with E-state index in [1.165, 1.54) is 0 Å². The van der Waals surface area contributed by atoms with Gasteiger partial charge in [0.1, 0.15) is 11.4 Å². The number of aliphatic imine (C=N–C) groups is 1. The van der Waals surface area contributed by atoms with Crippen molar-refractivity contribution in [2.75, 3.05) is 19.8 Å². The Hall–Kier alpha value is -0.940. The number of nitrogens with one attached hydrogen (secondary N) is 1. The third kappa shape index (κ3) is 3.14. The lowest BCUT2D eigenvalue weighted by molar-refractivity contribution is -0.132.